The molecule has 0 unspecified atom stereocenters. The lowest BCUT2D eigenvalue weighted by Crippen LogP contribution is -2.25. The second kappa shape index (κ2) is 8.16. The van der Waals surface area contributed by atoms with E-state index in [1.165, 1.54) is 0 Å². The van der Waals surface area contributed by atoms with Crippen LogP contribution >= 0.6 is 0 Å². The normalized spacial score (nSPS) is 10.6. The summed E-state index contributed by atoms with van der Waals surface area (Å²) in [5, 5.41) is 11.8. The topological polar surface area (TPSA) is 71.6 Å². The van der Waals surface area contributed by atoms with Gasteiger partial charge in [0, 0.05) is 17.3 Å². The highest BCUT2D eigenvalue weighted by molar-refractivity contribution is 5.50. The summed E-state index contributed by atoms with van der Waals surface area (Å²) in [6.07, 6.45) is 4.85. The van der Waals surface area contributed by atoms with Crippen LogP contribution in [-0.2, 0) is 14.1 Å². The monoisotopic (exact) mass is 289 g/mol. The van der Waals surface area contributed by atoms with Crippen molar-refractivity contribution in [2.24, 2.45) is 30.1 Å². The first-order chi connectivity index (χ1) is 9.70. The van der Waals surface area contributed by atoms with Crippen molar-refractivity contribution in [1.82, 2.24) is 4.57 Å². The molecule has 2 rings (SSSR count). The Labute approximate surface area is 126 Å². The molecule has 3 N–H and O–H groups in total. The van der Waals surface area contributed by atoms with Gasteiger partial charge in [0.25, 0.3) is 0 Å². The van der Waals surface area contributed by atoms with Crippen LogP contribution in [0.25, 0.3) is 0 Å². The van der Waals surface area contributed by atoms with Crippen molar-refractivity contribution in [1.29, 1.82) is 0 Å². The van der Waals surface area contributed by atoms with Crippen LogP contribution in [0.3, 0.4) is 0 Å². The third-order valence-electron chi connectivity index (χ3n) is 2.98. The van der Waals surface area contributed by atoms with E-state index in [-0.39, 0.29) is 7.43 Å². The van der Waals surface area contributed by atoms with E-state index in [4.69, 9.17) is 5.73 Å². The van der Waals surface area contributed by atoms with E-state index in [1.807, 2.05) is 59.9 Å². The summed E-state index contributed by atoms with van der Waals surface area (Å²) in [5.41, 5.74) is 7.36. The minimum atomic E-state index is 0. The molecule has 0 spiro atoms. The quantitative estimate of drug-likeness (QED) is 0.487. The van der Waals surface area contributed by atoms with Gasteiger partial charge in [-0.15, -0.1) is 0 Å². The van der Waals surface area contributed by atoms with Crippen LogP contribution in [0.2, 0.25) is 0 Å². The largest absolute Gasteiger partial charge is 0.421 e. The Morgan fingerprint density at radius 2 is 1.95 bits per heavy atom. The summed E-state index contributed by atoms with van der Waals surface area (Å²) in [4.78, 5) is 0. The number of hydrogen-bond donors (Lipinski definition) is 2. The molecule has 21 heavy (non-hydrogen) atoms. The van der Waals surface area contributed by atoms with Crippen molar-refractivity contribution in [3.05, 3.63) is 36.7 Å². The zero-order chi connectivity index (χ0) is 14.4. The molecule has 0 amide bonds. The average molecular weight is 289 g/mol. The smallest absolute Gasteiger partial charge is 0.385 e. The zero-order valence-corrected chi connectivity index (χ0v) is 12.0. The maximum Gasteiger partial charge on any atom is 0.421 e. The number of benzene rings is 1. The number of azo groups is 1. The Hall–Kier alpha value is -2.21. The van der Waals surface area contributed by atoms with Gasteiger partial charge in [0.1, 0.15) is 5.69 Å². The van der Waals surface area contributed by atoms with Crippen LogP contribution in [0.5, 0.6) is 0 Å². The lowest BCUT2D eigenvalue weighted by Gasteiger charge is -2.04. The van der Waals surface area contributed by atoms with Crippen LogP contribution in [-0.4, -0.2) is 17.7 Å². The number of anilines is 1. The molecule has 6 nitrogen and oxygen atoms in total. The van der Waals surface area contributed by atoms with E-state index in [0.29, 0.717) is 6.54 Å². The van der Waals surface area contributed by atoms with Gasteiger partial charge in [0.15, 0.2) is 0 Å². The number of aryl methyl sites for hydroxylation is 2. The first-order valence-electron chi connectivity index (χ1n) is 6.67. The van der Waals surface area contributed by atoms with E-state index >= 15 is 0 Å². The minimum Gasteiger partial charge on any atom is -0.385 e. The molecule has 0 aliphatic rings. The van der Waals surface area contributed by atoms with Gasteiger partial charge in [-0.05, 0) is 37.2 Å². The maximum atomic E-state index is 5.46. The summed E-state index contributed by atoms with van der Waals surface area (Å²) in [6, 6.07) is 7.88. The lowest BCUT2D eigenvalue weighted by molar-refractivity contribution is -0.657. The predicted octanol–water partition coefficient (Wildman–Crippen LogP) is 2.66. The molecule has 1 aromatic heterocycles. The van der Waals surface area contributed by atoms with Crippen LogP contribution in [0.15, 0.2) is 46.9 Å². The molecule has 0 saturated carbocycles. The van der Waals surface area contributed by atoms with Crippen molar-refractivity contribution < 1.29 is 4.57 Å². The first kappa shape index (κ1) is 16.8. The van der Waals surface area contributed by atoms with Gasteiger partial charge in [0.2, 0.25) is 0 Å². The van der Waals surface area contributed by atoms with Crippen molar-refractivity contribution in [2.45, 2.75) is 13.8 Å². The van der Waals surface area contributed by atoms with Gasteiger partial charge in [-0.2, -0.15) is 0 Å². The molecule has 2 aromatic rings. The molecule has 0 bridgehead atoms. The van der Waals surface area contributed by atoms with E-state index < -0.39 is 0 Å². The number of imidazole rings is 1. The summed E-state index contributed by atoms with van der Waals surface area (Å²) < 4.78 is 3.85. The fourth-order valence-electron chi connectivity index (χ4n) is 1.81. The summed E-state index contributed by atoms with van der Waals surface area (Å²) >= 11 is 0. The molecule has 6 heteroatoms. The van der Waals surface area contributed by atoms with Crippen molar-refractivity contribution >= 4 is 17.3 Å². The number of nitrogens with two attached hydrogens (primary N) is 1. The third kappa shape index (κ3) is 4.68. The second-order valence-electron chi connectivity index (χ2n) is 4.64. The second-order valence-corrected chi connectivity index (χ2v) is 4.64. The Morgan fingerprint density at radius 3 is 2.52 bits per heavy atom. The van der Waals surface area contributed by atoms with E-state index in [0.717, 1.165) is 30.3 Å². The molecule has 0 aliphatic heterocycles. The molecule has 0 aliphatic carbocycles. The number of aromatic nitrogens is 2. The lowest BCUT2D eigenvalue weighted by atomic mass is 10.3. The summed E-state index contributed by atoms with van der Waals surface area (Å²) in [7, 11) is 3.89. The molecule has 0 atom stereocenters. The molecule has 0 saturated heterocycles. The van der Waals surface area contributed by atoms with E-state index in [2.05, 4.69) is 15.5 Å². The summed E-state index contributed by atoms with van der Waals surface area (Å²) in [5.74, 6) is 0.801. The van der Waals surface area contributed by atoms with Gasteiger partial charge in [-0.25, -0.2) is 9.13 Å². The maximum absolute atomic E-state index is 5.46. The highest BCUT2D eigenvalue weighted by Crippen LogP contribution is 2.18. The molecular weight excluding hydrogens is 264 g/mol. The SMILES string of the molecule is C.Cn1cc[n+](C)c1N=Nc1ccc(NCCCN)cc1. The first-order valence-corrected chi connectivity index (χ1v) is 6.67. The molecule has 0 radical (unpaired) electrons. The minimum absolute atomic E-state index is 0. The van der Waals surface area contributed by atoms with Crippen LogP contribution in [0, 0.1) is 0 Å². The van der Waals surface area contributed by atoms with Crippen molar-refractivity contribution in [3.63, 3.8) is 0 Å². The van der Waals surface area contributed by atoms with Crippen LogP contribution < -0.4 is 15.6 Å². The van der Waals surface area contributed by atoms with Crippen LogP contribution in [0.1, 0.15) is 13.8 Å². The molecule has 0 fully saturated rings. The van der Waals surface area contributed by atoms with Crippen molar-refractivity contribution in [2.75, 3.05) is 18.4 Å². The molecule has 1 aromatic carbocycles. The van der Waals surface area contributed by atoms with Crippen molar-refractivity contribution in [3.8, 4) is 0 Å². The van der Waals surface area contributed by atoms with Gasteiger partial charge in [-0.1, -0.05) is 12.5 Å². The van der Waals surface area contributed by atoms with Gasteiger partial charge < -0.3 is 11.1 Å². The molecular formula is C15H25N6+. The van der Waals surface area contributed by atoms with Gasteiger partial charge in [-0.3, -0.25) is 0 Å². The standard InChI is InChI=1S/C14H20N6.CH4/c1-19-10-11-20(2)14(19)18-17-13-6-4-12(5-7-13)16-9-3-8-15;/h4-7,10-11H,3,8-9,15H2,1-2H3;1H4/p+1. The Morgan fingerprint density at radius 1 is 1.24 bits per heavy atom. The fraction of sp³-hybridized carbons (Fsp3) is 0.400. The average Bonchev–Trinajstić information content (AvgIpc) is 2.78. The predicted molar refractivity (Wildman–Crippen MR) is 86.1 cm³/mol. The molecule has 114 valence electrons. The number of rotatable bonds is 6. The van der Waals surface area contributed by atoms with Gasteiger partial charge >= 0.3 is 5.95 Å². The molecule has 1 heterocycles. The Balaban J connectivity index is 0.00000220. The van der Waals surface area contributed by atoms with E-state index in [9.17, 15) is 0 Å². The van der Waals surface area contributed by atoms with Crippen LogP contribution in [0.4, 0.5) is 17.3 Å². The Bertz CT molecular complexity index is 551. The zero-order valence-electron chi connectivity index (χ0n) is 12.0. The number of nitrogens with one attached hydrogen (secondary N) is 1. The highest BCUT2D eigenvalue weighted by atomic mass is 15.3. The number of hydrogen-bond acceptors (Lipinski definition) is 4. The van der Waals surface area contributed by atoms with E-state index in [1.54, 1.807) is 0 Å². The van der Waals surface area contributed by atoms with Gasteiger partial charge in [0.05, 0.1) is 26.5 Å². The fourth-order valence-corrected chi connectivity index (χ4v) is 1.81. The summed E-state index contributed by atoms with van der Waals surface area (Å²) in [6.45, 7) is 1.59. The Kier molecular flexibility index (Phi) is 6.55. The third-order valence-corrected chi connectivity index (χ3v) is 2.98. The highest BCUT2D eigenvalue weighted by Gasteiger charge is 2.09. The number of nitrogens with zero attached hydrogens (tertiary/aromatic N) is 4.